The van der Waals surface area contributed by atoms with E-state index < -0.39 is 6.10 Å². The summed E-state index contributed by atoms with van der Waals surface area (Å²) in [5.74, 6) is 0.622. The molecule has 1 atom stereocenters. The number of rotatable bonds is 4. The normalized spacial score (nSPS) is 12.1. The Morgan fingerprint density at radius 1 is 1.15 bits per heavy atom. The van der Waals surface area contributed by atoms with Crippen molar-refractivity contribution in [1.29, 1.82) is 0 Å². The maximum absolute atomic E-state index is 10.6. The van der Waals surface area contributed by atoms with Gasteiger partial charge in [0, 0.05) is 30.4 Å². The smallest absolute Gasteiger partial charge is 0.125 e. The molecule has 2 aromatic carbocycles. The highest BCUT2D eigenvalue weighted by atomic mass is 35.5. The van der Waals surface area contributed by atoms with Gasteiger partial charge in [0.2, 0.25) is 0 Å². The van der Waals surface area contributed by atoms with Crippen molar-refractivity contribution in [2.45, 2.75) is 6.10 Å². The zero-order valence-corrected chi connectivity index (χ0v) is 12.6. The summed E-state index contributed by atoms with van der Waals surface area (Å²) in [5, 5.41) is 11.2. The van der Waals surface area contributed by atoms with Crippen LogP contribution in [0.3, 0.4) is 0 Å². The molecule has 2 aromatic rings. The van der Waals surface area contributed by atoms with Gasteiger partial charge in [0.15, 0.2) is 0 Å². The number of nitrogens with zero attached hydrogens (tertiary/aromatic N) is 1. The molecule has 1 unspecified atom stereocenters. The average molecular weight is 292 g/mol. The number of benzene rings is 2. The molecule has 106 valence electrons. The minimum Gasteiger partial charge on any atom is -0.496 e. The summed E-state index contributed by atoms with van der Waals surface area (Å²) in [6.07, 6.45) is -0.774. The molecular weight excluding hydrogens is 274 g/mol. The Hall–Kier alpha value is -1.71. The van der Waals surface area contributed by atoms with Crippen LogP contribution < -0.4 is 9.64 Å². The van der Waals surface area contributed by atoms with Gasteiger partial charge in [0.25, 0.3) is 0 Å². The molecule has 0 saturated heterocycles. The lowest BCUT2D eigenvalue weighted by Gasteiger charge is -2.18. The second-order valence-corrected chi connectivity index (χ2v) is 5.21. The summed E-state index contributed by atoms with van der Waals surface area (Å²) >= 11 is 6.01. The van der Waals surface area contributed by atoms with Crippen LogP contribution in [0.4, 0.5) is 5.69 Å². The van der Waals surface area contributed by atoms with Gasteiger partial charge < -0.3 is 14.7 Å². The van der Waals surface area contributed by atoms with Crippen molar-refractivity contribution in [2.24, 2.45) is 0 Å². The van der Waals surface area contributed by atoms with E-state index in [0.29, 0.717) is 16.3 Å². The molecule has 20 heavy (non-hydrogen) atoms. The second-order valence-electron chi connectivity index (χ2n) is 4.78. The van der Waals surface area contributed by atoms with Crippen molar-refractivity contribution < 1.29 is 9.84 Å². The Balaban J connectivity index is 2.43. The Kier molecular flexibility index (Phi) is 4.53. The van der Waals surface area contributed by atoms with E-state index in [-0.39, 0.29) is 0 Å². The van der Waals surface area contributed by atoms with Crippen LogP contribution in [0, 0.1) is 0 Å². The first-order valence-corrected chi connectivity index (χ1v) is 6.69. The summed E-state index contributed by atoms with van der Waals surface area (Å²) < 4.78 is 5.29. The third-order valence-corrected chi connectivity index (χ3v) is 3.42. The number of hydrogen-bond acceptors (Lipinski definition) is 3. The first kappa shape index (κ1) is 14.7. The zero-order valence-electron chi connectivity index (χ0n) is 11.8. The fourth-order valence-electron chi connectivity index (χ4n) is 2.07. The molecule has 0 heterocycles. The van der Waals surface area contributed by atoms with Crippen LogP contribution in [0.2, 0.25) is 5.02 Å². The van der Waals surface area contributed by atoms with Crippen LogP contribution in [-0.4, -0.2) is 26.3 Å². The van der Waals surface area contributed by atoms with Gasteiger partial charge in [-0.05, 0) is 35.9 Å². The van der Waals surface area contributed by atoms with E-state index in [4.69, 9.17) is 16.3 Å². The molecule has 0 spiro atoms. The topological polar surface area (TPSA) is 32.7 Å². The molecular formula is C16H18ClNO2. The monoisotopic (exact) mass is 291 g/mol. The van der Waals surface area contributed by atoms with Crippen LogP contribution in [-0.2, 0) is 0 Å². The van der Waals surface area contributed by atoms with Crippen LogP contribution in [0.25, 0.3) is 0 Å². The number of aliphatic hydroxyl groups excluding tert-OH is 1. The maximum Gasteiger partial charge on any atom is 0.125 e. The van der Waals surface area contributed by atoms with E-state index >= 15 is 0 Å². The molecule has 0 amide bonds. The predicted octanol–water partition coefficient (Wildman–Crippen LogP) is 3.50. The molecule has 0 fully saturated rings. The van der Waals surface area contributed by atoms with Crippen molar-refractivity contribution in [1.82, 2.24) is 0 Å². The molecule has 0 aliphatic heterocycles. The summed E-state index contributed by atoms with van der Waals surface area (Å²) in [6.45, 7) is 0. The fourth-order valence-corrected chi connectivity index (χ4v) is 2.25. The predicted molar refractivity (Wildman–Crippen MR) is 82.8 cm³/mol. The van der Waals surface area contributed by atoms with Gasteiger partial charge in [-0.3, -0.25) is 0 Å². The number of anilines is 1. The standard InChI is InChI=1S/C16H18ClNO2/c1-18(2)13-6-4-5-11(9-13)16(19)14-10-12(17)7-8-15(14)20-3/h4-10,16,19H,1-3H3. The summed E-state index contributed by atoms with van der Waals surface area (Å²) in [5.41, 5.74) is 2.50. The molecule has 3 nitrogen and oxygen atoms in total. The van der Waals surface area contributed by atoms with Gasteiger partial charge in [-0.1, -0.05) is 23.7 Å². The minimum atomic E-state index is -0.774. The van der Waals surface area contributed by atoms with Crippen molar-refractivity contribution in [2.75, 3.05) is 26.1 Å². The lowest BCUT2D eigenvalue weighted by molar-refractivity contribution is 0.215. The van der Waals surface area contributed by atoms with Crippen molar-refractivity contribution in [3.05, 3.63) is 58.6 Å². The molecule has 4 heteroatoms. The Morgan fingerprint density at radius 3 is 2.55 bits per heavy atom. The third kappa shape index (κ3) is 3.06. The number of ether oxygens (including phenoxy) is 1. The number of methoxy groups -OCH3 is 1. The number of halogens is 1. The van der Waals surface area contributed by atoms with Crippen LogP contribution >= 0.6 is 11.6 Å². The average Bonchev–Trinajstić information content (AvgIpc) is 2.46. The second kappa shape index (κ2) is 6.16. The van der Waals surface area contributed by atoms with Crippen LogP contribution in [0.15, 0.2) is 42.5 Å². The number of aliphatic hydroxyl groups is 1. The van der Waals surface area contributed by atoms with Crippen molar-refractivity contribution in [3.8, 4) is 5.75 Å². The first-order valence-electron chi connectivity index (χ1n) is 6.31. The van der Waals surface area contributed by atoms with Gasteiger partial charge in [0.1, 0.15) is 11.9 Å². The summed E-state index contributed by atoms with van der Waals surface area (Å²) in [4.78, 5) is 1.99. The van der Waals surface area contributed by atoms with E-state index in [9.17, 15) is 5.11 Å². The zero-order chi connectivity index (χ0) is 14.7. The molecule has 0 aromatic heterocycles. The SMILES string of the molecule is COc1ccc(Cl)cc1C(O)c1cccc(N(C)C)c1. The van der Waals surface area contributed by atoms with E-state index in [0.717, 1.165) is 11.3 Å². The summed E-state index contributed by atoms with van der Waals surface area (Å²) in [6, 6.07) is 13.0. The lowest BCUT2D eigenvalue weighted by atomic mass is 10.00. The minimum absolute atomic E-state index is 0.573. The Morgan fingerprint density at radius 2 is 1.90 bits per heavy atom. The molecule has 0 radical (unpaired) electrons. The highest BCUT2D eigenvalue weighted by molar-refractivity contribution is 6.30. The quantitative estimate of drug-likeness (QED) is 0.936. The highest BCUT2D eigenvalue weighted by Gasteiger charge is 2.16. The van der Waals surface area contributed by atoms with Gasteiger partial charge in [0.05, 0.1) is 7.11 Å². The van der Waals surface area contributed by atoms with Gasteiger partial charge >= 0.3 is 0 Å². The first-order chi connectivity index (χ1) is 9.52. The Labute approximate surface area is 124 Å². The van der Waals surface area contributed by atoms with E-state index in [1.54, 1.807) is 25.3 Å². The molecule has 1 N–H and O–H groups in total. The van der Waals surface area contributed by atoms with Crippen molar-refractivity contribution in [3.63, 3.8) is 0 Å². The number of hydrogen-bond donors (Lipinski definition) is 1. The molecule has 0 bridgehead atoms. The maximum atomic E-state index is 10.6. The van der Waals surface area contributed by atoms with E-state index in [1.165, 1.54) is 0 Å². The summed E-state index contributed by atoms with van der Waals surface area (Å²) in [7, 11) is 5.51. The van der Waals surface area contributed by atoms with Gasteiger partial charge in [-0.2, -0.15) is 0 Å². The van der Waals surface area contributed by atoms with Crippen LogP contribution in [0.5, 0.6) is 5.75 Å². The lowest BCUT2D eigenvalue weighted by Crippen LogP contribution is -2.10. The fraction of sp³-hybridized carbons (Fsp3) is 0.250. The Bertz CT molecular complexity index is 599. The van der Waals surface area contributed by atoms with Crippen LogP contribution in [0.1, 0.15) is 17.2 Å². The van der Waals surface area contributed by atoms with Crippen molar-refractivity contribution >= 4 is 17.3 Å². The molecule has 2 rings (SSSR count). The van der Waals surface area contributed by atoms with E-state index in [1.807, 2.05) is 43.3 Å². The van der Waals surface area contributed by atoms with Gasteiger partial charge in [-0.15, -0.1) is 0 Å². The third-order valence-electron chi connectivity index (χ3n) is 3.19. The molecule has 0 aliphatic carbocycles. The van der Waals surface area contributed by atoms with Gasteiger partial charge in [-0.25, -0.2) is 0 Å². The largest absolute Gasteiger partial charge is 0.496 e. The molecule has 0 aliphatic rings. The molecule has 0 saturated carbocycles. The highest BCUT2D eigenvalue weighted by Crippen LogP contribution is 2.33. The van der Waals surface area contributed by atoms with E-state index in [2.05, 4.69) is 0 Å².